The third kappa shape index (κ3) is 4.37. The molecule has 0 saturated carbocycles. The maximum absolute atomic E-state index is 12.3. The molecule has 0 aliphatic carbocycles. The molecule has 0 fully saturated rings. The molecular formula is C20H19ClN2O5. The summed E-state index contributed by atoms with van der Waals surface area (Å²) in [4.78, 5) is 24.6. The quantitative estimate of drug-likeness (QED) is 0.630. The fraction of sp³-hybridized carbons (Fsp3) is 0.200. The SMILES string of the molecule is COc1cc(C(=O)NNC(=O)c2cc3cc(Cl)ccc3o2)ccc1OC(C)C. The number of carbonyl (C=O) groups excluding carboxylic acids is 2. The lowest BCUT2D eigenvalue weighted by molar-refractivity contribution is 0.0832. The topological polar surface area (TPSA) is 89.8 Å². The van der Waals surface area contributed by atoms with E-state index in [0.29, 0.717) is 33.1 Å². The van der Waals surface area contributed by atoms with Gasteiger partial charge in [0, 0.05) is 16.0 Å². The molecule has 0 unspecified atom stereocenters. The smallest absolute Gasteiger partial charge is 0.305 e. The molecule has 3 rings (SSSR count). The van der Waals surface area contributed by atoms with Gasteiger partial charge in [-0.25, -0.2) is 0 Å². The number of ether oxygens (including phenoxy) is 2. The normalized spacial score (nSPS) is 10.8. The third-order valence-corrected chi connectivity index (χ3v) is 4.02. The molecule has 7 nitrogen and oxygen atoms in total. The molecule has 0 atom stereocenters. The molecule has 0 bridgehead atoms. The molecule has 2 amide bonds. The van der Waals surface area contributed by atoms with E-state index < -0.39 is 11.8 Å². The molecule has 146 valence electrons. The summed E-state index contributed by atoms with van der Waals surface area (Å²) in [7, 11) is 1.49. The Morgan fingerprint density at radius 2 is 1.75 bits per heavy atom. The molecular weight excluding hydrogens is 384 g/mol. The highest BCUT2D eigenvalue weighted by Crippen LogP contribution is 2.29. The van der Waals surface area contributed by atoms with Crippen molar-refractivity contribution in [3.8, 4) is 11.5 Å². The molecule has 3 aromatic rings. The number of carbonyl (C=O) groups is 2. The van der Waals surface area contributed by atoms with Gasteiger partial charge in [-0.3, -0.25) is 20.4 Å². The van der Waals surface area contributed by atoms with E-state index in [1.54, 1.807) is 36.4 Å². The number of furan rings is 1. The number of amides is 2. The summed E-state index contributed by atoms with van der Waals surface area (Å²) in [6.45, 7) is 3.78. The van der Waals surface area contributed by atoms with Crippen LogP contribution in [0.25, 0.3) is 11.0 Å². The lowest BCUT2D eigenvalue weighted by atomic mass is 10.2. The van der Waals surface area contributed by atoms with Crippen molar-refractivity contribution in [3.05, 3.63) is 58.8 Å². The summed E-state index contributed by atoms with van der Waals surface area (Å²) in [6, 6.07) is 11.3. The average molecular weight is 403 g/mol. The number of benzene rings is 2. The van der Waals surface area contributed by atoms with E-state index in [4.69, 9.17) is 25.5 Å². The Morgan fingerprint density at radius 3 is 2.46 bits per heavy atom. The highest BCUT2D eigenvalue weighted by molar-refractivity contribution is 6.31. The van der Waals surface area contributed by atoms with Crippen molar-refractivity contribution < 1.29 is 23.5 Å². The molecule has 0 spiro atoms. The summed E-state index contributed by atoms with van der Waals surface area (Å²) in [5.74, 6) is -0.106. The van der Waals surface area contributed by atoms with Crippen LogP contribution < -0.4 is 20.3 Å². The first kappa shape index (κ1) is 19.6. The number of halogens is 1. The van der Waals surface area contributed by atoms with E-state index in [2.05, 4.69) is 10.9 Å². The number of nitrogens with one attached hydrogen (secondary N) is 2. The van der Waals surface area contributed by atoms with Crippen molar-refractivity contribution in [2.45, 2.75) is 20.0 Å². The number of rotatable bonds is 5. The van der Waals surface area contributed by atoms with Crippen LogP contribution in [0.5, 0.6) is 11.5 Å². The van der Waals surface area contributed by atoms with Gasteiger partial charge in [0.2, 0.25) is 0 Å². The Hall–Kier alpha value is -3.19. The van der Waals surface area contributed by atoms with Crippen molar-refractivity contribution >= 4 is 34.4 Å². The van der Waals surface area contributed by atoms with E-state index in [1.165, 1.54) is 13.2 Å². The zero-order valence-corrected chi connectivity index (χ0v) is 16.3. The number of fused-ring (bicyclic) bond motifs is 1. The molecule has 2 N–H and O–H groups in total. The van der Waals surface area contributed by atoms with E-state index >= 15 is 0 Å². The first-order valence-corrected chi connectivity index (χ1v) is 8.89. The average Bonchev–Trinajstić information content (AvgIpc) is 3.08. The Labute approximate surface area is 166 Å². The van der Waals surface area contributed by atoms with Gasteiger partial charge < -0.3 is 13.9 Å². The number of hydrazine groups is 1. The van der Waals surface area contributed by atoms with Crippen LogP contribution in [0.15, 0.2) is 46.9 Å². The summed E-state index contributed by atoms with van der Waals surface area (Å²) >= 11 is 5.92. The Morgan fingerprint density at radius 1 is 1.00 bits per heavy atom. The van der Waals surface area contributed by atoms with Gasteiger partial charge >= 0.3 is 5.91 Å². The fourth-order valence-electron chi connectivity index (χ4n) is 2.53. The zero-order chi connectivity index (χ0) is 20.3. The first-order valence-electron chi connectivity index (χ1n) is 8.52. The van der Waals surface area contributed by atoms with Crippen LogP contribution in [0.1, 0.15) is 34.8 Å². The van der Waals surface area contributed by atoms with Crippen LogP contribution in [0, 0.1) is 0 Å². The lowest BCUT2D eigenvalue weighted by Crippen LogP contribution is -2.41. The van der Waals surface area contributed by atoms with Gasteiger partial charge in [-0.05, 0) is 56.3 Å². The molecule has 1 heterocycles. The van der Waals surface area contributed by atoms with E-state index in [0.717, 1.165) is 0 Å². The van der Waals surface area contributed by atoms with Gasteiger partial charge in [-0.15, -0.1) is 0 Å². The molecule has 0 saturated heterocycles. The summed E-state index contributed by atoms with van der Waals surface area (Å²) < 4.78 is 16.3. The fourth-order valence-corrected chi connectivity index (χ4v) is 2.71. The van der Waals surface area contributed by atoms with Gasteiger partial charge in [0.15, 0.2) is 17.3 Å². The standard InChI is InChI=1S/C20H19ClN2O5/c1-11(2)27-16-6-4-12(9-17(16)26-3)19(24)22-23-20(25)18-10-13-8-14(21)5-7-15(13)28-18/h4-11H,1-3H3,(H,22,24)(H,23,25). The van der Waals surface area contributed by atoms with Gasteiger partial charge in [-0.2, -0.15) is 0 Å². The van der Waals surface area contributed by atoms with Crippen LogP contribution in [-0.2, 0) is 0 Å². The minimum Gasteiger partial charge on any atom is -0.493 e. The zero-order valence-electron chi connectivity index (χ0n) is 15.5. The molecule has 1 aromatic heterocycles. The van der Waals surface area contributed by atoms with Gasteiger partial charge in [0.1, 0.15) is 5.58 Å². The highest BCUT2D eigenvalue weighted by Gasteiger charge is 2.16. The minimum atomic E-state index is -0.590. The number of hydrogen-bond acceptors (Lipinski definition) is 5. The van der Waals surface area contributed by atoms with Gasteiger partial charge in [0.05, 0.1) is 13.2 Å². The Balaban J connectivity index is 1.68. The second-order valence-electron chi connectivity index (χ2n) is 6.23. The Bertz CT molecular complexity index is 1030. The second kappa shape index (κ2) is 8.22. The third-order valence-electron chi connectivity index (χ3n) is 3.78. The van der Waals surface area contributed by atoms with E-state index in [1.807, 2.05) is 13.8 Å². The van der Waals surface area contributed by atoms with Crippen LogP contribution in [0.3, 0.4) is 0 Å². The van der Waals surface area contributed by atoms with Crippen LogP contribution in [0.2, 0.25) is 5.02 Å². The maximum atomic E-state index is 12.3. The van der Waals surface area contributed by atoms with Crippen molar-refractivity contribution in [2.24, 2.45) is 0 Å². The minimum absolute atomic E-state index is 0.0356. The van der Waals surface area contributed by atoms with Crippen LogP contribution in [0.4, 0.5) is 0 Å². The maximum Gasteiger partial charge on any atom is 0.305 e. The van der Waals surface area contributed by atoms with Crippen molar-refractivity contribution in [1.82, 2.24) is 10.9 Å². The van der Waals surface area contributed by atoms with Gasteiger partial charge in [0.25, 0.3) is 5.91 Å². The number of hydrogen-bond donors (Lipinski definition) is 2. The van der Waals surface area contributed by atoms with Crippen LogP contribution in [-0.4, -0.2) is 25.0 Å². The summed E-state index contributed by atoms with van der Waals surface area (Å²) in [5, 5.41) is 1.22. The lowest BCUT2D eigenvalue weighted by Gasteiger charge is -2.14. The predicted molar refractivity (Wildman–Crippen MR) is 105 cm³/mol. The van der Waals surface area contributed by atoms with Crippen LogP contribution >= 0.6 is 11.6 Å². The van der Waals surface area contributed by atoms with Gasteiger partial charge in [-0.1, -0.05) is 11.6 Å². The first-order chi connectivity index (χ1) is 13.4. The molecule has 2 aromatic carbocycles. The van der Waals surface area contributed by atoms with E-state index in [-0.39, 0.29) is 11.9 Å². The summed E-state index contributed by atoms with van der Waals surface area (Å²) in [5.41, 5.74) is 5.48. The van der Waals surface area contributed by atoms with E-state index in [9.17, 15) is 9.59 Å². The molecule has 0 aliphatic rings. The van der Waals surface area contributed by atoms with Crippen molar-refractivity contribution in [1.29, 1.82) is 0 Å². The number of methoxy groups -OCH3 is 1. The molecule has 8 heteroatoms. The largest absolute Gasteiger partial charge is 0.493 e. The molecule has 28 heavy (non-hydrogen) atoms. The monoisotopic (exact) mass is 402 g/mol. The summed E-state index contributed by atoms with van der Waals surface area (Å²) in [6.07, 6.45) is -0.0356. The van der Waals surface area contributed by atoms with Crippen molar-refractivity contribution in [3.63, 3.8) is 0 Å². The Kier molecular flexibility index (Phi) is 5.75. The second-order valence-corrected chi connectivity index (χ2v) is 6.67. The highest BCUT2D eigenvalue weighted by atomic mass is 35.5. The van der Waals surface area contributed by atoms with Crippen molar-refractivity contribution in [2.75, 3.05) is 7.11 Å². The molecule has 0 aliphatic heterocycles. The predicted octanol–water partition coefficient (Wildman–Crippen LogP) is 3.96. The molecule has 0 radical (unpaired) electrons.